The van der Waals surface area contributed by atoms with Gasteiger partial charge in [0, 0.05) is 13.1 Å². The summed E-state index contributed by atoms with van der Waals surface area (Å²) in [6.07, 6.45) is 2.20. The molecule has 2 heterocycles. The molecular formula is C13H23N3O2. The zero-order chi connectivity index (χ0) is 13.0. The fraction of sp³-hybridized carbons (Fsp3) is 0.769. The fourth-order valence-electron chi connectivity index (χ4n) is 2.29. The summed E-state index contributed by atoms with van der Waals surface area (Å²) in [5, 5.41) is 13.1. The van der Waals surface area contributed by atoms with Crippen molar-refractivity contribution >= 4 is 0 Å². The maximum absolute atomic E-state index is 9.89. The van der Waals surface area contributed by atoms with E-state index in [9.17, 15) is 5.11 Å². The Kier molecular flexibility index (Phi) is 4.74. The zero-order valence-electron chi connectivity index (χ0n) is 11.3. The predicted octanol–water partition coefficient (Wildman–Crippen LogP) is 0.838. The quantitative estimate of drug-likeness (QED) is 0.786. The van der Waals surface area contributed by atoms with Gasteiger partial charge in [0.15, 0.2) is 0 Å². The van der Waals surface area contributed by atoms with Crippen LogP contribution in [0.2, 0.25) is 0 Å². The Labute approximate surface area is 108 Å². The smallest absolute Gasteiger partial charge is 0.208 e. The van der Waals surface area contributed by atoms with E-state index in [2.05, 4.69) is 15.2 Å². The lowest BCUT2D eigenvalue weighted by atomic mass is 10.3. The maximum Gasteiger partial charge on any atom is 0.208 e. The zero-order valence-corrected chi connectivity index (χ0v) is 11.3. The normalized spacial score (nSPS) is 18.4. The lowest BCUT2D eigenvalue weighted by molar-refractivity contribution is 0.122. The van der Waals surface area contributed by atoms with Crippen molar-refractivity contribution < 1.29 is 9.52 Å². The van der Waals surface area contributed by atoms with Crippen LogP contribution in [0.3, 0.4) is 0 Å². The van der Waals surface area contributed by atoms with Crippen molar-refractivity contribution in [2.75, 3.05) is 26.2 Å². The number of nitrogens with one attached hydrogen (secondary N) is 1. The highest BCUT2D eigenvalue weighted by Gasteiger charge is 2.15. The molecule has 1 aliphatic heterocycles. The van der Waals surface area contributed by atoms with Crippen LogP contribution in [0.1, 0.15) is 30.2 Å². The molecule has 0 radical (unpaired) electrons. The number of β-amino-alcohol motifs (C(OH)–C–C–N with tert-alkyl or cyclic N) is 1. The van der Waals surface area contributed by atoms with Crippen LogP contribution in [0.25, 0.3) is 0 Å². The van der Waals surface area contributed by atoms with Gasteiger partial charge in [-0.2, -0.15) is 0 Å². The summed E-state index contributed by atoms with van der Waals surface area (Å²) in [5.41, 5.74) is 0.935. The highest BCUT2D eigenvalue weighted by molar-refractivity contribution is 5.05. The van der Waals surface area contributed by atoms with Gasteiger partial charge in [-0.05, 0) is 39.8 Å². The van der Waals surface area contributed by atoms with Gasteiger partial charge in [0.05, 0.1) is 18.3 Å². The monoisotopic (exact) mass is 253 g/mol. The molecule has 0 amide bonds. The summed E-state index contributed by atoms with van der Waals surface area (Å²) in [7, 11) is 0. The first-order chi connectivity index (χ1) is 8.65. The van der Waals surface area contributed by atoms with Crippen molar-refractivity contribution in [3.05, 3.63) is 17.3 Å². The molecule has 1 aromatic rings. The average Bonchev–Trinajstić information content (AvgIpc) is 2.90. The molecule has 5 heteroatoms. The minimum atomic E-state index is -0.319. The number of aliphatic hydroxyl groups is 1. The third kappa shape index (κ3) is 3.80. The van der Waals surface area contributed by atoms with E-state index in [1.54, 1.807) is 0 Å². The Hall–Kier alpha value is -0.910. The van der Waals surface area contributed by atoms with Gasteiger partial charge >= 0.3 is 0 Å². The van der Waals surface area contributed by atoms with E-state index in [0.29, 0.717) is 19.0 Å². The van der Waals surface area contributed by atoms with Crippen molar-refractivity contribution in [3.63, 3.8) is 0 Å². The molecule has 1 unspecified atom stereocenters. The second-order valence-electron chi connectivity index (χ2n) is 5.04. The number of hydrogen-bond donors (Lipinski definition) is 2. The molecule has 1 fully saturated rings. The molecule has 0 spiro atoms. The highest BCUT2D eigenvalue weighted by Crippen LogP contribution is 2.08. The van der Waals surface area contributed by atoms with Crippen LogP contribution >= 0.6 is 0 Å². The van der Waals surface area contributed by atoms with Crippen molar-refractivity contribution in [2.24, 2.45) is 0 Å². The number of rotatable bonds is 6. The summed E-state index contributed by atoms with van der Waals surface area (Å²) in [6.45, 7) is 8.00. The van der Waals surface area contributed by atoms with Crippen LogP contribution in [0.5, 0.6) is 0 Å². The Morgan fingerprint density at radius 2 is 2.11 bits per heavy atom. The number of nitrogens with zero attached hydrogens (tertiary/aromatic N) is 2. The third-order valence-corrected chi connectivity index (χ3v) is 3.40. The van der Waals surface area contributed by atoms with E-state index in [1.165, 1.54) is 12.8 Å². The van der Waals surface area contributed by atoms with Gasteiger partial charge in [-0.25, -0.2) is 4.98 Å². The molecule has 0 bridgehead atoms. The Balaban J connectivity index is 1.65. The molecule has 2 rings (SSSR count). The van der Waals surface area contributed by atoms with Crippen LogP contribution in [0.15, 0.2) is 4.42 Å². The number of aromatic nitrogens is 1. The number of oxazole rings is 1. The van der Waals surface area contributed by atoms with Gasteiger partial charge in [0.2, 0.25) is 5.89 Å². The molecule has 0 aliphatic carbocycles. The first-order valence-corrected chi connectivity index (χ1v) is 6.69. The van der Waals surface area contributed by atoms with Crippen molar-refractivity contribution in [1.82, 2.24) is 15.2 Å². The molecule has 18 heavy (non-hydrogen) atoms. The Morgan fingerprint density at radius 3 is 2.72 bits per heavy atom. The van der Waals surface area contributed by atoms with E-state index in [1.807, 2.05) is 13.8 Å². The van der Waals surface area contributed by atoms with Crippen LogP contribution < -0.4 is 5.32 Å². The van der Waals surface area contributed by atoms with Gasteiger partial charge in [0.25, 0.3) is 0 Å². The molecule has 1 aromatic heterocycles. The molecule has 2 N–H and O–H groups in total. The van der Waals surface area contributed by atoms with E-state index >= 15 is 0 Å². The van der Waals surface area contributed by atoms with Crippen LogP contribution in [-0.2, 0) is 6.54 Å². The highest BCUT2D eigenvalue weighted by atomic mass is 16.4. The molecular weight excluding hydrogens is 230 g/mol. The summed E-state index contributed by atoms with van der Waals surface area (Å²) >= 11 is 0. The van der Waals surface area contributed by atoms with Gasteiger partial charge in [-0.3, -0.25) is 0 Å². The lowest BCUT2D eigenvalue weighted by Gasteiger charge is -2.19. The van der Waals surface area contributed by atoms with E-state index in [-0.39, 0.29) is 6.10 Å². The minimum absolute atomic E-state index is 0.319. The van der Waals surface area contributed by atoms with Crippen molar-refractivity contribution in [1.29, 1.82) is 0 Å². The number of aryl methyl sites for hydroxylation is 2. The molecule has 0 aromatic carbocycles. The maximum atomic E-state index is 9.89. The SMILES string of the molecule is Cc1nc(CNCC(O)CN2CCCC2)oc1C. The second kappa shape index (κ2) is 6.31. The third-order valence-electron chi connectivity index (χ3n) is 3.40. The Morgan fingerprint density at radius 1 is 1.39 bits per heavy atom. The largest absolute Gasteiger partial charge is 0.444 e. The van der Waals surface area contributed by atoms with Gasteiger partial charge in [-0.15, -0.1) is 0 Å². The number of aliphatic hydroxyl groups excluding tert-OH is 1. The number of hydrogen-bond acceptors (Lipinski definition) is 5. The predicted molar refractivity (Wildman–Crippen MR) is 69.4 cm³/mol. The van der Waals surface area contributed by atoms with Crippen LogP contribution in [0.4, 0.5) is 0 Å². The summed E-state index contributed by atoms with van der Waals surface area (Å²) < 4.78 is 5.46. The standard InChI is InChI=1S/C13H23N3O2/c1-10-11(2)18-13(15-10)8-14-7-12(17)9-16-5-3-4-6-16/h12,14,17H,3-9H2,1-2H3. The molecule has 102 valence electrons. The molecule has 1 aliphatic rings. The molecule has 1 atom stereocenters. The molecule has 5 nitrogen and oxygen atoms in total. The van der Waals surface area contributed by atoms with Gasteiger partial charge < -0.3 is 19.7 Å². The first-order valence-electron chi connectivity index (χ1n) is 6.69. The molecule has 0 saturated carbocycles. The molecule has 1 saturated heterocycles. The first kappa shape index (κ1) is 13.5. The van der Waals surface area contributed by atoms with E-state index in [4.69, 9.17) is 4.42 Å². The van der Waals surface area contributed by atoms with Gasteiger partial charge in [0.1, 0.15) is 5.76 Å². The van der Waals surface area contributed by atoms with Crippen LogP contribution in [0, 0.1) is 13.8 Å². The Bertz CT molecular complexity index is 353. The summed E-state index contributed by atoms with van der Waals surface area (Å²) in [5.74, 6) is 1.56. The fourth-order valence-corrected chi connectivity index (χ4v) is 2.29. The second-order valence-corrected chi connectivity index (χ2v) is 5.04. The average molecular weight is 253 g/mol. The van der Waals surface area contributed by atoms with Crippen LogP contribution in [-0.4, -0.2) is 47.3 Å². The minimum Gasteiger partial charge on any atom is -0.444 e. The summed E-state index contributed by atoms with van der Waals surface area (Å²) in [4.78, 5) is 6.60. The van der Waals surface area contributed by atoms with Crippen molar-refractivity contribution in [3.8, 4) is 0 Å². The van der Waals surface area contributed by atoms with Crippen molar-refractivity contribution in [2.45, 2.75) is 39.3 Å². The van der Waals surface area contributed by atoms with E-state index in [0.717, 1.165) is 31.1 Å². The van der Waals surface area contributed by atoms with E-state index < -0.39 is 0 Å². The number of likely N-dealkylation sites (tertiary alicyclic amines) is 1. The summed E-state index contributed by atoms with van der Waals surface area (Å²) in [6, 6.07) is 0. The van der Waals surface area contributed by atoms with Gasteiger partial charge in [-0.1, -0.05) is 0 Å². The lowest BCUT2D eigenvalue weighted by Crippen LogP contribution is -2.36. The topological polar surface area (TPSA) is 61.5 Å².